The van der Waals surface area contributed by atoms with Crippen LogP contribution in [0.25, 0.3) is 11.1 Å². The van der Waals surface area contributed by atoms with Crippen molar-refractivity contribution >= 4 is 11.6 Å². The smallest absolute Gasteiger partial charge is 0.271 e. The molecule has 0 bridgehead atoms. The molecule has 3 rings (SSSR count). The van der Waals surface area contributed by atoms with E-state index in [1.54, 1.807) is 25.5 Å². The molecule has 9 nitrogen and oxygen atoms in total. The average molecular weight is 462 g/mol. The fourth-order valence-corrected chi connectivity index (χ4v) is 3.22. The van der Waals surface area contributed by atoms with E-state index < -0.39 is 0 Å². The molecule has 3 N–H and O–H groups in total. The van der Waals surface area contributed by atoms with E-state index in [0.29, 0.717) is 36.6 Å². The van der Waals surface area contributed by atoms with E-state index in [0.717, 1.165) is 22.5 Å². The Bertz CT molecular complexity index is 1080. The molecular weight excluding hydrogens is 422 g/mol. The number of H-pyrrole nitrogens is 1. The first-order chi connectivity index (χ1) is 15.9. The Morgan fingerprint density at radius 1 is 1.30 bits per heavy atom. The molecule has 0 unspecified atom stereocenters. The van der Waals surface area contributed by atoms with Gasteiger partial charge in [0.15, 0.2) is 0 Å². The van der Waals surface area contributed by atoms with Crippen molar-refractivity contribution in [2.75, 3.05) is 19.0 Å². The molecule has 3 heterocycles. The lowest BCUT2D eigenvalue weighted by molar-refractivity contribution is -0.120. The van der Waals surface area contributed by atoms with Crippen molar-refractivity contribution in [1.82, 2.24) is 20.4 Å². The summed E-state index contributed by atoms with van der Waals surface area (Å²) in [4.78, 5) is 30.7. The molecule has 0 spiro atoms. The molecule has 0 aliphatic carbocycles. The molecule has 0 aliphatic heterocycles. The summed E-state index contributed by atoms with van der Waals surface area (Å²) in [5, 5.41) is 9.77. The number of hydrogen-bond acceptors (Lipinski definition) is 7. The van der Waals surface area contributed by atoms with Crippen LogP contribution in [0.5, 0.6) is 5.75 Å². The molecule has 3 aromatic rings. The number of rotatable bonds is 9. The van der Waals surface area contributed by atoms with Crippen molar-refractivity contribution in [1.29, 1.82) is 0 Å². The molecule has 1 amide bonds. The van der Waals surface area contributed by atoms with Crippen LogP contribution in [0.1, 0.15) is 61.1 Å². The first-order valence-electron chi connectivity index (χ1n) is 11.1. The maximum absolute atomic E-state index is 12.3. The number of hydrogen-bond donors (Lipinski definition) is 3. The van der Waals surface area contributed by atoms with Crippen LogP contribution in [0.4, 0.5) is 5.69 Å². The lowest BCUT2D eigenvalue weighted by Crippen LogP contribution is -2.18. The van der Waals surface area contributed by atoms with Crippen LogP contribution in [0, 0.1) is 13.8 Å². The monoisotopic (exact) mass is 461 g/mol. The summed E-state index contributed by atoms with van der Waals surface area (Å²) in [6.07, 6.45) is 4.34. The van der Waals surface area contributed by atoms with Crippen LogP contribution in [0.2, 0.25) is 0 Å². The van der Waals surface area contributed by atoms with E-state index in [1.165, 1.54) is 0 Å². The van der Waals surface area contributed by atoms with Crippen LogP contribution < -0.4 is 20.9 Å². The summed E-state index contributed by atoms with van der Waals surface area (Å²) in [5.41, 5.74) is 3.41. The van der Waals surface area contributed by atoms with Gasteiger partial charge in [0, 0.05) is 35.1 Å². The molecule has 1 atom stereocenters. The van der Waals surface area contributed by atoms with E-state index in [9.17, 15) is 9.59 Å². The number of nitrogens with zero attached hydrogens (tertiary/aromatic N) is 2. The molecule has 0 aromatic carbocycles. The second-order valence-electron chi connectivity index (χ2n) is 7.24. The molecule has 0 saturated carbocycles. The lowest BCUT2D eigenvalue weighted by atomic mass is 10.1. The molecule has 0 aliphatic rings. The van der Waals surface area contributed by atoms with Crippen molar-refractivity contribution in [2.24, 2.45) is 0 Å². The summed E-state index contributed by atoms with van der Waals surface area (Å²) in [6.45, 7) is 10.1. The van der Waals surface area contributed by atoms with E-state index in [-0.39, 0.29) is 21.8 Å². The van der Waals surface area contributed by atoms with Crippen molar-refractivity contribution in [3.8, 4) is 16.9 Å². The molecule has 9 heteroatoms. The summed E-state index contributed by atoms with van der Waals surface area (Å²) >= 11 is 0. The predicted octanol–water partition coefficient (Wildman–Crippen LogP) is 4.88. The summed E-state index contributed by atoms with van der Waals surface area (Å²) in [5.74, 6) is 1.31. The number of aromatic nitrogens is 3. The Morgan fingerprint density at radius 2 is 2.06 bits per heavy atom. The first-order valence-corrected chi connectivity index (χ1v) is 11.1. The third kappa shape index (κ3) is 6.93. The van der Waals surface area contributed by atoms with Gasteiger partial charge >= 0.3 is 0 Å². The maximum Gasteiger partial charge on any atom is 0.271 e. The Hall–Kier alpha value is -3.62. The van der Waals surface area contributed by atoms with Gasteiger partial charge in [-0.1, -0.05) is 19.0 Å². The zero-order valence-corrected chi connectivity index (χ0v) is 20.1. The van der Waals surface area contributed by atoms with Gasteiger partial charge in [0.1, 0.15) is 17.2 Å². The molecule has 0 radical (unpaired) electrons. The highest BCUT2D eigenvalue weighted by atomic mass is 16.5. The zero-order chi connectivity index (χ0) is 24.4. The minimum atomic E-state index is -0.224. The standard InChI is InChI=1S/C22H27N5O4.C2H6.3H2/c1-13(18-8-7-17(12-24-18)30-9-5-6-20(28)23-4)26-19-10-16(11-25-22(19)29)21-14(2)27-31-15(21)3;1-2;;;/h7-8,10-13,26H,5-6,9H2,1-4H3,(H,23,28)(H,25,29);1-2H3;3*1H/t13-;;;;/m1..../s1. The van der Waals surface area contributed by atoms with Gasteiger partial charge in [0.25, 0.3) is 5.56 Å². The number of aryl methyl sites for hydroxylation is 2. The molecule has 33 heavy (non-hydrogen) atoms. The van der Waals surface area contributed by atoms with E-state index in [1.807, 2.05) is 46.8 Å². The Morgan fingerprint density at radius 3 is 2.67 bits per heavy atom. The molecular formula is C24H39N5O4. The number of carbonyl (C=O) groups excluding carboxylic acids is 1. The van der Waals surface area contributed by atoms with Crippen LogP contribution in [-0.4, -0.2) is 34.7 Å². The quantitative estimate of drug-likeness (QED) is 0.388. The number of aromatic amines is 1. The van der Waals surface area contributed by atoms with Crippen molar-refractivity contribution in [3.63, 3.8) is 0 Å². The Balaban J connectivity index is 0. The zero-order valence-electron chi connectivity index (χ0n) is 20.1. The lowest BCUT2D eigenvalue weighted by Gasteiger charge is -2.15. The van der Waals surface area contributed by atoms with Gasteiger partial charge in [0.05, 0.1) is 30.2 Å². The van der Waals surface area contributed by atoms with Crippen LogP contribution >= 0.6 is 0 Å². The van der Waals surface area contributed by atoms with Crippen molar-refractivity contribution < 1.29 is 18.3 Å². The van der Waals surface area contributed by atoms with E-state index >= 15 is 0 Å². The van der Waals surface area contributed by atoms with Gasteiger partial charge in [-0.05, 0) is 45.4 Å². The third-order valence-corrected chi connectivity index (χ3v) is 4.90. The molecule has 184 valence electrons. The van der Waals surface area contributed by atoms with Crippen molar-refractivity contribution in [2.45, 2.75) is 53.5 Å². The Labute approximate surface area is 198 Å². The summed E-state index contributed by atoms with van der Waals surface area (Å²) in [6, 6.07) is 5.25. The van der Waals surface area contributed by atoms with E-state index in [4.69, 9.17) is 9.26 Å². The van der Waals surface area contributed by atoms with Crippen LogP contribution in [0.3, 0.4) is 0 Å². The normalized spacial score (nSPS) is 11.2. The number of amides is 1. The van der Waals surface area contributed by atoms with Crippen molar-refractivity contribution in [3.05, 3.63) is 58.1 Å². The second-order valence-corrected chi connectivity index (χ2v) is 7.24. The van der Waals surface area contributed by atoms with Gasteiger partial charge in [-0.3, -0.25) is 14.6 Å². The van der Waals surface area contributed by atoms with Crippen LogP contribution in [-0.2, 0) is 4.79 Å². The third-order valence-electron chi connectivity index (χ3n) is 4.90. The fraction of sp³-hybridized carbons (Fsp3) is 0.417. The van der Waals surface area contributed by atoms with Gasteiger partial charge in [-0.15, -0.1) is 0 Å². The van der Waals surface area contributed by atoms with E-state index in [2.05, 4.69) is 25.8 Å². The first kappa shape index (κ1) is 25.6. The highest BCUT2D eigenvalue weighted by Crippen LogP contribution is 2.28. The number of nitrogens with one attached hydrogen (secondary N) is 3. The molecule has 0 fully saturated rings. The SMILES string of the molecule is CC.CNC(=O)CCCOc1ccc([C@@H](C)Nc2cc(-c3c(C)noc3C)c[nH]c2=O)nc1.[HH].[HH].[HH]. The highest BCUT2D eigenvalue weighted by molar-refractivity contribution is 5.75. The molecule has 0 saturated heterocycles. The average Bonchev–Trinajstić information content (AvgIpc) is 3.17. The minimum absolute atomic E-state index is 0. The predicted molar refractivity (Wildman–Crippen MR) is 135 cm³/mol. The highest BCUT2D eigenvalue weighted by Gasteiger charge is 2.15. The molecule has 3 aromatic heterocycles. The largest absolute Gasteiger partial charge is 0.492 e. The minimum Gasteiger partial charge on any atom is -0.492 e. The van der Waals surface area contributed by atoms with Gasteiger partial charge in [-0.25, -0.2) is 0 Å². The Kier molecular flexibility index (Phi) is 9.65. The topological polar surface area (TPSA) is 122 Å². The maximum atomic E-state index is 12.3. The number of anilines is 1. The van der Waals surface area contributed by atoms with Gasteiger partial charge < -0.3 is 24.9 Å². The number of carbonyl (C=O) groups is 1. The summed E-state index contributed by atoms with van der Waals surface area (Å²) in [7, 11) is 1.61. The number of ether oxygens (including phenoxy) is 1. The van der Waals surface area contributed by atoms with Gasteiger partial charge in [0.2, 0.25) is 5.91 Å². The van der Waals surface area contributed by atoms with Crippen LogP contribution in [0.15, 0.2) is 39.9 Å². The second kappa shape index (κ2) is 12.4. The summed E-state index contributed by atoms with van der Waals surface area (Å²) < 4.78 is 10.8. The van der Waals surface area contributed by atoms with Gasteiger partial charge in [-0.2, -0.15) is 0 Å². The number of pyridine rings is 2. The fourth-order valence-electron chi connectivity index (χ4n) is 3.22.